The van der Waals surface area contributed by atoms with E-state index in [4.69, 9.17) is 0 Å². The molecule has 0 heterocycles. The second-order valence-corrected chi connectivity index (χ2v) is 6.53. The van der Waals surface area contributed by atoms with Crippen LogP contribution in [0.5, 0.6) is 0 Å². The number of nitrogens with zero attached hydrogens (tertiary/aromatic N) is 1. The van der Waals surface area contributed by atoms with Crippen LogP contribution in [-0.4, -0.2) is 18.0 Å². The minimum atomic E-state index is -0.311. The Morgan fingerprint density at radius 1 is 0.926 bits per heavy atom. The molecule has 0 radical (unpaired) electrons. The van der Waals surface area contributed by atoms with Crippen molar-refractivity contribution in [2.24, 2.45) is 11.0 Å². The monoisotopic (exact) mass is 359 g/mol. The van der Waals surface area contributed by atoms with Crippen molar-refractivity contribution in [3.8, 4) is 0 Å². The van der Waals surface area contributed by atoms with Gasteiger partial charge in [0.25, 0.3) is 5.91 Å². The first-order valence-electron chi connectivity index (χ1n) is 8.76. The highest BCUT2D eigenvalue weighted by Gasteiger charge is 2.08. The summed E-state index contributed by atoms with van der Waals surface area (Å²) in [5.74, 6) is -0.474. The van der Waals surface area contributed by atoms with Crippen molar-refractivity contribution in [2.75, 3.05) is 5.32 Å². The molecular formula is C22H21N3O2. The third-order valence-corrected chi connectivity index (χ3v) is 4.09. The minimum Gasteiger partial charge on any atom is -0.326 e. The zero-order valence-corrected chi connectivity index (χ0v) is 15.3. The normalized spacial score (nSPS) is 11.1. The molecule has 27 heavy (non-hydrogen) atoms. The molecule has 136 valence electrons. The van der Waals surface area contributed by atoms with Gasteiger partial charge in [0.1, 0.15) is 0 Å². The van der Waals surface area contributed by atoms with Gasteiger partial charge in [-0.1, -0.05) is 50.2 Å². The number of hydrazone groups is 1. The number of amides is 2. The molecule has 0 aliphatic rings. The summed E-state index contributed by atoms with van der Waals surface area (Å²) in [4.78, 5) is 23.9. The van der Waals surface area contributed by atoms with Crippen LogP contribution in [0.1, 0.15) is 29.8 Å². The maximum absolute atomic E-state index is 12.2. The number of fused-ring (bicyclic) bond motifs is 1. The second kappa shape index (κ2) is 8.27. The summed E-state index contributed by atoms with van der Waals surface area (Å²) in [7, 11) is 0. The molecule has 0 fully saturated rings. The standard InChI is InChI=1S/C22H21N3O2/c1-15(2)21(26)24-20-11-9-18(10-12-20)22(27)25-23-14-16-7-8-17-5-3-4-6-19(17)13-16/h3-15H,1-2H3,(H,24,26)(H,25,27). The smallest absolute Gasteiger partial charge is 0.271 e. The average Bonchev–Trinajstić information content (AvgIpc) is 2.68. The maximum atomic E-state index is 12.2. The molecule has 0 atom stereocenters. The average molecular weight is 359 g/mol. The summed E-state index contributed by atoms with van der Waals surface area (Å²) < 4.78 is 0. The highest BCUT2D eigenvalue weighted by atomic mass is 16.2. The Labute approximate surface area is 158 Å². The second-order valence-electron chi connectivity index (χ2n) is 6.53. The summed E-state index contributed by atoms with van der Waals surface area (Å²) in [5.41, 5.74) is 4.54. The Morgan fingerprint density at radius 2 is 1.63 bits per heavy atom. The highest BCUT2D eigenvalue weighted by molar-refractivity contribution is 5.97. The maximum Gasteiger partial charge on any atom is 0.271 e. The fraction of sp³-hybridized carbons (Fsp3) is 0.136. The molecule has 0 aromatic heterocycles. The van der Waals surface area contributed by atoms with E-state index in [-0.39, 0.29) is 17.7 Å². The van der Waals surface area contributed by atoms with Crippen LogP contribution in [0.15, 0.2) is 71.8 Å². The summed E-state index contributed by atoms with van der Waals surface area (Å²) in [6.07, 6.45) is 1.61. The van der Waals surface area contributed by atoms with Crippen molar-refractivity contribution < 1.29 is 9.59 Å². The minimum absolute atomic E-state index is 0.0628. The van der Waals surface area contributed by atoms with Gasteiger partial charge in [0.05, 0.1) is 6.21 Å². The largest absolute Gasteiger partial charge is 0.326 e. The lowest BCUT2D eigenvalue weighted by molar-refractivity contribution is -0.118. The predicted molar refractivity (Wildman–Crippen MR) is 109 cm³/mol. The molecule has 0 aliphatic carbocycles. The summed E-state index contributed by atoms with van der Waals surface area (Å²) in [5, 5.41) is 9.08. The summed E-state index contributed by atoms with van der Waals surface area (Å²) >= 11 is 0. The van der Waals surface area contributed by atoms with Gasteiger partial charge in [-0.25, -0.2) is 5.43 Å². The van der Waals surface area contributed by atoms with Gasteiger partial charge >= 0.3 is 0 Å². The Kier molecular flexibility index (Phi) is 5.61. The van der Waals surface area contributed by atoms with Crippen LogP contribution in [0.3, 0.4) is 0 Å². The van der Waals surface area contributed by atoms with E-state index < -0.39 is 0 Å². The first-order valence-corrected chi connectivity index (χ1v) is 8.76. The number of carbonyl (C=O) groups is 2. The molecule has 5 heteroatoms. The van der Waals surface area contributed by atoms with Gasteiger partial charge in [0.15, 0.2) is 0 Å². The first kappa shape index (κ1) is 18.3. The number of benzene rings is 3. The van der Waals surface area contributed by atoms with Crippen LogP contribution < -0.4 is 10.7 Å². The van der Waals surface area contributed by atoms with Crippen LogP contribution >= 0.6 is 0 Å². The van der Waals surface area contributed by atoms with E-state index in [1.807, 2.05) is 56.3 Å². The van der Waals surface area contributed by atoms with Crippen LogP contribution in [0.4, 0.5) is 5.69 Å². The van der Waals surface area contributed by atoms with E-state index >= 15 is 0 Å². The summed E-state index contributed by atoms with van der Waals surface area (Å²) in [6.45, 7) is 3.65. The van der Waals surface area contributed by atoms with Gasteiger partial charge in [-0.15, -0.1) is 0 Å². The van der Waals surface area contributed by atoms with Crippen molar-refractivity contribution in [1.82, 2.24) is 5.43 Å². The Morgan fingerprint density at radius 3 is 2.33 bits per heavy atom. The van der Waals surface area contributed by atoms with Crippen LogP contribution in [0.25, 0.3) is 10.8 Å². The molecule has 2 amide bonds. The Bertz CT molecular complexity index is 992. The van der Waals surface area contributed by atoms with Gasteiger partial charge in [-0.2, -0.15) is 5.10 Å². The number of hydrogen-bond donors (Lipinski definition) is 2. The molecule has 3 rings (SSSR count). The first-order chi connectivity index (χ1) is 13.0. The van der Waals surface area contributed by atoms with Crippen LogP contribution in [0, 0.1) is 5.92 Å². The number of nitrogens with one attached hydrogen (secondary N) is 2. The van der Waals surface area contributed by atoms with E-state index in [1.54, 1.807) is 30.5 Å². The fourth-order valence-electron chi connectivity index (χ4n) is 2.51. The molecule has 0 unspecified atom stereocenters. The van der Waals surface area contributed by atoms with E-state index in [2.05, 4.69) is 15.8 Å². The number of anilines is 1. The third-order valence-electron chi connectivity index (χ3n) is 4.09. The van der Waals surface area contributed by atoms with Gasteiger partial charge in [-0.3, -0.25) is 9.59 Å². The van der Waals surface area contributed by atoms with Crippen molar-refractivity contribution >= 4 is 34.5 Å². The lowest BCUT2D eigenvalue weighted by Gasteiger charge is -2.08. The molecule has 2 N–H and O–H groups in total. The molecule has 5 nitrogen and oxygen atoms in total. The molecule has 3 aromatic rings. The summed E-state index contributed by atoms with van der Waals surface area (Å²) in [6, 6.07) is 20.7. The van der Waals surface area contributed by atoms with Crippen LogP contribution in [0.2, 0.25) is 0 Å². The predicted octanol–water partition coefficient (Wildman–Crippen LogP) is 4.20. The molecular weight excluding hydrogens is 338 g/mol. The van der Waals surface area contributed by atoms with Crippen molar-refractivity contribution in [2.45, 2.75) is 13.8 Å². The zero-order valence-electron chi connectivity index (χ0n) is 15.3. The molecule has 0 aliphatic heterocycles. The highest BCUT2D eigenvalue weighted by Crippen LogP contribution is 2.14. The van der Waals surface area contributed by atoms with Gasteiger partial charge < -0.3 is 5.32 Å². The Balaban J connectivity index is 1.61. The van der Waals surface area contributed by atoms with E-state index in [0.29, 0.717) is 11.3 Å². The number of rotatable bonds is 5. The van der Waals surface area contributed by atoms with Gasteiger partial charge in [-0.05, 0) is 46.7 Å². The SMILES string of the molecule is CC(C)C(=O)Nc1ccc(C(=O)NN=Cc2ccc3ccccc3c2)cc1. The van der Waals surface area contributed by atoms with Gasteiger partial charge in [0, 0.05) is 17.2 Å². The molecule has 0 bridgehead atoms. The third kappa shape index (κ3) is 4.79. The quantitative estimate of drug-likeness (QED) is 0.529. The topological polar surface area (TPSA) is 70.6 Å². The lowest BCUT2D eigenvalue weighted by atomic mass is 10.1. The number of hydrogen-bond acceptors (Lipinski definition) is 3. The van der Waals surface area contributed by atoms with Crippen molar-refractivity contribution in [3.05, 3.63) is 77.9 Å². The van der Waals surface area contributed by atoms with Crippen LogP contribution in [-0.2, 0) is 4.79 Å². The van der Waals surface area contributed by atoms with Gasteiger partial charge in [0.2, 0.25) is 5.91 Å². The number of carbonyl (C=O) groups excluding carboxylic acids is 2. The molecule has 0 spiro atoms. The zero-order chi connectivity index (χ0) is 19.2. The Hall–Kier alpha value is -3.47. The van der Waals surface area contributed by atoms with E-state index in [9.17, 15) is 9.59 Å². The molecule has 0 saturated carbocycles. The van der Waals surface area contributed by atoms with E-state index in [1.165, 1.54) is 0 Å². The fourth-order valence-corrected chi connectivity index (χ4v) is 2.51. The van der Waals surface area contributed by atoms with Crippen molar-refractivity contribution in [3.63, 3.8) is 0 Å². The lowest BCUT2D eigenvalue weighted by Crippen LogP contribution is -2.19. The van der Waals surface area contributed by atoms with E-state index in [0.717, 1.165) is 16.3 Å². The molecule has 3 aromatic carbocycles. The van der Waals surface area contributed by atoms with Crippen molar-refractivity contribution in [1.29, 1.82) is 0 Å². The molecule has 0 saturated heterocycles.